The summed E-state index contributed by atoms with van der Waals surface area (Å²) in [5.74, 6) is 0.513. The van der Waals surface area contributed by atoms with E-state index < -0.39 is 10.0 Å². The summed E-state index contributed by atoms with van der Waals surface area (Å²) in [7, 11) is -2.17. The average Bonchev–Trinajstić information content (AvgIpc) is 2.55. The van der Waals surface area contributed by atoms with Crippen LogP contribution in [0.1, 0.15) is 19.8 Å². The Labute approximate surface area is 143 Å². The van der Waals surface area contributed by atoms with Crippen molar-refractivity contribution in [3.63, 3.8) is 0 Å². The van der Waals surface area contributed by atoms with Crippen LogP contribution < -0.4 is 0 Å². The number of nitrogens with zero attached hydrogens (tertiary/aromatic N) is 2. The average molecular weight is 357 g/mol. The molecule has 23 heavy (non-hydrogen) atoms. The molecule has 0 radical (unpaired) electrons. The molecule has 1 saturated heterocycles. The first-order chi connectivity index (χ1) is 10.8. The summed E-state index contributed by atoms with van der Waals surface area (Å²) in [5.41, 5.74) is 0. The number of carbonyl (C=O) groups is 1. The van der Waals surface area contributed by atoms with Gasteiger partial charge >= 0.3 is 0 Å². The highest BCUT2D eigenvalue weighted by atomic mass is 32.2. The minimum absolute atomic E-state index is 0.110. The molecule has 1 aliphatic rings. The highest BCUT2D eigenvalue weighted by molar-refractivity contribution is 7.98. The SMILES string of the molecule is CSc1ccc(S(=O)(=O)N(C)CC(=O)N2CCC(C)CC2)cc1. The van der Waals surface area contributed by atoms with Gasteiger partial charge in [-0.2, -0.15) is 4.31 Å². The Bertz CT molecular complexity index is 636. The maximum absolute atomic E-state index is 12.6. The number of likely N-dealkylation sites (N-methyl/N-ethyl adjacent to an activating group) is 1. The van der Waals surface area contributed by atoms with Gasteiger partial charge in [-0.05, 0) is 49.3 Å². The van der Waals surface area contributed by atoms with Crippen LogP contribution in [-0.2, 0) is 14.8 Å². The van der Waals surface area contributed by atoms with Gasteiger partial charge in [-0.1, -0.05) is 6.92 Å². The van der Waals surface area contributed by atoms with Crippen molar-refractivity contribution in [3.05, 3.63) is 24.3 Å². The van der Waals surface area contributed by atoms with Gasteiger partial charge in [0.05, 0.1) is 11.4 Å². The molecule has 0 unspecified atom stereocenters. The molecule has 0 N–H and O–H groups in total. The highest BCUT2D eigenvalue weighted by Crippen LogP contribution is 2.20. The summed E-state index contributed by atoms with van der Waals surface area (Å²) < 4.78 is 26.2. The van der Waals surface area contributed by atoms with Crippen LogP contribution in [0, 0.1) is 5.92 Å². The normalized spacial score (nSPS) is 16.8. The summed E-state index contributed by atoms with van der Waals surface area (Å²) >= 11 is 1.56. The quantitative estimate of drug-likeness (QED) is 0.760. The number of benzene rings is 1. The first kappa shape index (κ1) is 18.3. The topological polar surface area (TPSA) is 57.7 Å². The number of amides is 1. The molecule has 128 valence electrons. The molecule has 5 nitrogen and oxygen atoms in total. The van der Waals surface area contributed by atoms with Gasteiger partial charge in [0.1, 0.15) is 0 Å². The van der Waals surface area contributed by atoms with Gasteiger partial charge in [-0.15, -0.1) is 11.8 Å². The summed E-state index contributed by atoms with van der Waals surface area (Å²) in [6.07, 6.45) is 3.91. The maximum atomic E-state index is 12.6. The Balaban J connectivity index is 2.03. The third-order valence-electron chi connectivity index (χ3n) is 4.26. The number of piperidine rings is 1. The second-order valence-electron chi connectivity index (χ2n) is 6.00. The number of carbonyl (C=O) groups excluding carboxylic acids is 1. The van der Waals surface area contributed by atoms with Crippen molar-refractivity contribution in [2.75, 3.05) is 32.9 Å². The summed E-state index contributed by atoms with van der Waals surface area (Å²) in [6.45, 7) is 3.50. The zero-order valence-electron chi connectivity index (χ0n) is 13.9. The van der Waals surface area contributed by atoms with Crippen LogP contribution >= 0.6 is 11.8 Å². The third kappa shape index (κ3) is 4.49. The second-order valence-corrected chi connectivity index (χ2v) is 8.92. The molecule has 0 spiro atoms. The Kier molecular flexibility index (Phi) is 6.11. The van der Waals surface area contributed by atoms with Crippen LogP contribution in [-0.4, -0.2) is 56.5 Å². The van der Waals surface area contributed by atoms with Crippen molar-refractivity contribution < 1.29 is 13.2 Å². The lowest BCUT2D eigenvalue weighted by Crippen LogP contribution is -2.44. The largest absolute Gasteiger partial charge is 0.342 e. The molecular weight excluding hydrogens is 332 g/mol. The molecular formula is C16H24N2O3S2. The molecule has 1 heterocycles. The predicted octanol–water partition coefficient (Wildman–Crippen LogP) is 2.29. The molecule has 1 aromatic carbocycles. The van der Waals surface area contributed by atoms with Gasteiger partial charge in [0, 0.05) is 25.0 Å². The van der Waals surface area contributed by atoms with Crippen LogP contribution in [0.15, 0.2) is 34.1 Å². The van der Waals surface area contributed by atoms with Crippen LogP contribution in [0.2, 0.25) is 0 Å². The summed E-state index contributed by atoms with van der Waals surface area (Å²) in [4.78, 5) is 15.3. The fourth-order valence-electron chi connectivity index (χ4n) is 2.56. The predicted molar refractivity (Wildman–Crippen MR) is 93.0 cm³/mol. The Hall–Kier alpha value is -1.05. The molecule has 1 fully saturated rings. The lowest BCUT2D eigenvalue weighted by atomic mass is 9.99. The van der Waals surface area contributed by atoms with Crippen LogP contribution in [0.25, 0.3) is 0 Å². The number of thioether (sulfide) groups is 1. The fraction of sp³-hybridized carbons (Fsp3) is 0.562. The molecule has 0 aliphatic carbocycles. The molecule has 0 bridgehead atoms. The van der Waals surface area contributed by atoms with Gasteiger partial charge < -0.3 is 4.90 Å². The molecule has 0 aromatic heterocycles. The fourth-order valence-corrected chi connectivity index (χ4v) is 4.09. The monoisotopic (exact) mass is 356 g/mol. The van der Waals surface area contributed by atoms with Gasteiger partial charge in [0.25, 0.3) is 0 Å². The van der Waals surface area contributed by atoms with E-state index in [0.29, 0.717) is 5.92 Å². The van der Waals surface area contributed by atoms with Gasteiger partial charge in [-0.3, -0.25) is 4.79 Å². The lowest BCUT2D eigenvalue weighted by molar-refractivity contribution is -0.132. The summed E-state index contributed by atoms with van der Waals surface area (Å²) in [6, 6.07) is 6.73. The van der Waals surface area contributed by atoms with Crippen molar-refractivity contribution in [2.45, 2.75) is 29.6 Å². The standard InChI is InChI=1S/C16H24N2O3S2/c1-13-8-10-18(11-9-13)16(19)12-17(2)23(20,21)15-6-4-14(22-3)5-7-15/h4-7,13H,8-12H2,1-3H3. The molecule has 2 rings (SSSR count). The highest BCUT2D eigenvalue weighted by Gasteiger charge is 2.26. The molecule has 1 amide bonds. The van der Waals surface area contributed by atoms with E-state index in [1.165, 1.54) is 7.05 Å². The maximum Gasteiger partial charge on any atom is 0.243 e. The van der Waals surface area contributed by atoms with Crippen LogP contribution in [0.3, 0.4) is 0 Å². The smallest absolute Gasteiger partial charge is 0.243 e. The van der Waals surface area contributed by atoms with E-state index in [0.717, 1.165) is 35.1 Å². The summed E-state index contributed by atoms with van der Waals surface area (Å²) in [5, 5.41) is 0. The number of likely N-dealkylation sites (tertiary alicyclic amines) is 1. The Morgan fingerprint density at radius 3 is 2.35 bits per heavy atom. The van der Waals surface area contributed by atoms with E-state index in [1.54, 1.807) is 40.9 Å². The van der Waals surface area contributed by atoms with Gasteiger partial charge in [0.2, 0.25) is 15.9 Å². The molecule has 0 atom stereocenters. The minimum Gasteiger partial charge on any atom is -0.342 e. The number of rotatable bonds is 5. The van der Waals surface area contributed by atoms with E-state index in [-0.39, 0.29) is 17.3 Å². The molecule has 0 saturated carbocycles. The molecule has 7 heteroatoms. The number of hydrogen-bond donors (Lipinski definition) is 0. The zero-order chi connectivity index (χ0) is 17.0. The van der Waals surface area contributed by atoms with Crippen molar-refractivity contribution in [2.24, 2.45) is 5.92 Å². The third-order valence-corrected chi connectivity index (χ3v) is 6.82. The van der Waals surface area contributed by atoms with E-state index in [9.17, 15) is 13.2 Å². The molecule has 1 aromatic rings. The van der Waals surface area contributed by atoms with Gasteiger partial charge in [-0.25, -0.2) is 8.42 Å². The number of sulfonamides is 1. The first-order valence-corrected chi connectivity index (χ1v) is 10.4. The van der Waals surface area contributed by atoms with Gasteiger partial charge in [0.15, 0.2) is 0 Å². The van der Waals surface area contributed by atoms with E-state index in [1.807, 2.05) is 6.26 Å². The van der Waals surface area contributed by atoms with Crippen LogP contribution in [0.5, 0.6) is 0 Å². The van der Waals surface area contributed by atoms with Crippen LogP contribution in [0.4, 0.5) is 0 Å². The van der Waals surface area contributed by atoms with E-state index >= 15 is 0 Å². The number of hydrogen-bond acceptors (Lipinski definition) is 4. The second kappa shape index (κ2) is 7.68. The minimum atomic E-state index is -3.63. The zero-order valence-corrected chi connectivity index (χ0v) is 15.5. The lowest BCUT2D eigenvalue weighted by Gasteiger charge is -2.31. The Morgan fingerprint density at radius 2 is 1.83 bits per heavy atom. The van der Waals surface area contributed by atoms with Crippen molar-refractivity contribution >= 4 is 27.7 Å². The van der Waals surface area contributed by atoms with Crippen molar-refractivity contribution in [1.82, 2.24) is 9.21 Å². The van der Waals surface area contributed by atoms with E-state index in [2.05, 4.69) is 6.92 Å². The molecule has 1 aliphatic heterocycles. The van der Waals surface area contributed by atoms with E-state index in [4.69, 9.17) is 0 Å². The van der Waals surface area contributed by atoms with Crippen molar-refractivity contribution in [1.29, 1.82) is 0 Å². The Morgan fingerprint density at radius 1 is 1.26 bits per heavy atom. The first-order valence-electron chi connectivity index (χ1n) is 7.72. The van der Waals surface area contributed by atoms with Crippen molar-refractivity contribution in [3.8, 4) is 0 Å².